The highest BCUT2D eigenvalue weighted by molar-refractivity contribution is 6.02. The Morgan fingerprint density at radius 2 is 1.96 bits per heavy atom. The van der Waals surface area contributed by atoms with E-state index in [1.54, 1.807) is 18.2 Å². The molecule has 1 saturated heterocycles. The van der Waals surface area contributed by atoms with Gasteiger partial charge < -0.3 is 19.7 Å². The van der Waals surface area contributed by atoms with Gasteiger partial charge in [-0.2, -0.15) is 0 Å². The summed E-state index contributed by atoms with van der Waals surface area (Å²) in [7, 11) is 1.25. The van der Waals surface area contributed by atoms with E-state index in [0.717, 1.165) is 5.69 Å². The third-order valence-corrected chi connectivity index (χ3v) is 4.06. The molecule has 6 nitrogen and oxygen atoms in total. The van der Waals surface area contributed by atoms with Crippen LogP contribution in [0, 0.1) is 0 Å². The fourth-order valence-corrected chi connectivity index (χ4v) is 2.96. The summed E-state index contributed by atoms with van der Waals surface area (Å²) in [6, 6.07) is 5.01. The van der Waals surface area contributed by atoms with Crippen LogP contribution >= 0.6 is 0 Å². The molecule has 0 aromatic heterocycles. The number of hydrogen-bond donors (Lipinski definition) is 1. The number of hydrogen-bond acceptors (Lipinski definition) is 5. The SMILES string of the molecule is COC(=O)c1cc(N2CC(C)O[C@@H](C)C2)ccc1NC(=O)CCC(F)F. The van der Waals surface area contributed by atoms with Gasteiger partial charge in [0.1, 0.15) is 0 Å². The molecule has 0 saturated carbocycles. The molecule has 0 radical (unpaired) electrons. The maximum Gasteiger partial charge on any atom is 0.340 e. The zero-order valence-corrected chi connectivity index (χ0v) is 15.1. The smallest absolute Gasteiger partial charge is 0.340 e. The van der Waals surface area contributed by atoms with Gasteiger partial charge in [-0.3, -0.25) is 4.79 Å². The minimum Gasteiger partial charge on any atom is -0.465 e. The Bertz CT molecular complexity index is 644. The monoisotopic (exact) mass is 370 g/mol. The van der Waals surface area contributed by atoms with Crippen molar-refractivity contribution in [3.05, 3.63) is 23.8 Å². The highest BCUT2D eigenvalue weighted by Crippen LogP contribution is 2.27. The lowest BCUT2D eigenvalue weighted by molar-refractivity contribution is -0.116. The van der Waals surface area contributed by atoms with Crippen molar-refractivity contribution in [1.29, 1.82) is 0 Å². The Morgan fingerprint density at radius 3 is 2.54 bits per heavy atom. The molecule has 0 bridgehead atoms. The molecule has 2 atom stereocenters. The van der Waals surface area contributed by atoms with E-state index in [1.807, 2.05) is 13.8 Å². The van der Waals surface area contributed by atoms with E-state index in [2.05, 4.69) is 10.2 Å². The van der Waals surface area contributed by atoms with Crippen LogP contribution in [0.4, 0.5) is 20.2 Å². The van der Waals surface area contributed by atoms with Crippen LogP contribution in [0.3, 0.4) is 0 Å². The summed E-state index contributed by atoms with van der Waals surface area (Å²) in [6.45, 7) is 5.29. The highest BCUT2D eigenvalue weighted by Gasteiger charge is 2.24. The average molecular weight is 370 g/mol. The molecule has 1 aliphatic rings. The number of carbonyl (C=O) groups is 2. The molecule has 1 aromatic rings. The minimum atomic E-state index is -2.55. The van der Waals surface area contributed by atoms with Gasteiger partial charge in [-0.1, -0.05) is 0 Å². The number of morpholine rings is 1. The van der Waals surface area contributed by atoms with Crippen molar-refractivity contribution >= 4 is 23.3 Å². The van der Waals surface area contributed by atoms with E-state index in [9.17, 15) is 18.4 Å². The molecule has 144 valence electrons. The standard InChI is InChI=1S/C18H24F2N2O4/c1-11-9-22(10-12(2)26-11)13-4-5-15(14(8-13)18(24)25-3)21-17(23)7-6-16(19)20/h4-5,8,11-12,16H,6-7,9-10H2,1-3H3,(H,21,23)/t11-,12?/m0/s1. The molecule has 26 heavy (non-hydrogen) atoms. The van der Waals surface area contributed by atoms with Crippen LogP contribution in [-0.4, -0.2) is 50.7 Å². The topological polar surface area (TPSA) is 67.9 Å². The first-order valence-corrected chi connectivity index (χ1v) is 8.51. The van der Waals surface area contributed by atoms with Crippen LogP contribution in [0.15, 0.2) is 18.2 Å². The molecule has 0 spiro atoms. The molecule has 1 heterocycles. The van der Waals surface area contributed by atoms with Crippen molar-refractivity contribution in [2.24, 2.45) is 0 Å². The van der Waals surface area contributed by atoms with E-state index < -0.39 is 24.7 Å². The number of esters is 1. The number of ether oxygens (including phenoxy) is 2. The second-order valence-electron chi connectivity index (χ2n) is 6.36. The van der Waals surface area contributed by atoms with E-state index in [1.165, 1.54) is 7.11 Å². The van der Waals surface area contributed by atoms with E-state index in [4.69, 9.17) is 9.47 Å². The van der Waals surface area contributed by atoms with E-state index in [0.29, 0.717) is 13.1 Å². The molecule has 2 rings (SSSR count). The van der Waals surface area contributed by atoms with Gasteiger partial charge in [0.25, 0.3) is 0 Å². The van der Waals surface area contributed by atoms with Crippen LogP contribution < -0.4 is 10.2 Å². The van der Waals surface area contributed by atoms with Crippen LogP contribution in [0.5, 0.6) is 0 Å². The van der Waals surface area contributed by atoms with Crippen molar-refractivity contribution in [2.75, 3.05) is 30.4 Å². The molecular formula is C18H24F2N2O4. The predicted octanol–water partition coefficient (Wildman–Crippen LogP) is 3.07. The number of nitrogens with zero attached hydrogens (tertiary/aromatic N) is 1. The largest absolute Gasteiger partial charge is 0.465 e. The fourth-order valence-electron chi connectivity index (χ4n) is 2.96. The van der Waals surface area contributed by atoms with Gasteiger partial charge in [0.05, 0.1) is 30.6 Å². The number of rotatable bonds is 6. The van der Waals surface area contributed by atoms with Gasteiger partial charge in [-0.15, -0.1) is 0 Å². The fraction of sp³-hybridized carbons (Fsp3) is 0.556. The van der Waals surface area contributed by atoms with Gasteiger partial charge in [0.15, 0.2) is 0 Å². The molecule has 1 fully saturated rings. The number of halogens is 2. The number of methoxy groups -OCH3 is 1. The Balaban J connectivity index is 2.21. The van der Waals surface area contributed by atoms with Gasteiger partial charge in [0, 0.05) is 31.6 Å². The van der Waals surface area contributed by atoms with Crippen molar-refractivity contribution in [3.8, 4) is 0 Å². The van der Waals surface area contributed by atoms with E-state index >= 15 is 0 Å². The van der Waals surface area contributed by atoms with Gasteiger partial charge in [-0.25, -0.2) is 13.6 Å². The third-order valence-electron chi connectivity index (χ3n) is 4.06. The van der Waals surface area contributed by atoms with Crippen molar-refractivity contribution in [2.45, 2.75) is 45.3 Å². The molecule has 1 N–H and O–H groups in total. The van der Waals surface area contributed by atoms with Gasteiger partial charge >= 0.3 is 5.97 Å². The Morgan fingerprint density at radius 1 is 1.31 bits per heavy atom. The average Bonchev–Trinajstić information content (AvgIpc) is 2.58. The minimum absolute atomic E-state index is 0.0500. The van der Waals surface area contributed by atoms with Crippen LogP contribution in [0.25, 0.3) is 0 Å². The van der Waals surface area contributed by atoms with Crippen molar-refractivity contribution < 1.29 is 27.8 Å². The first-order valence-electron chi connectivity index (χ1n) is 8.51. The quantitative estimate of drug-likeness (QED) is 0.780. The molecule has 8 heteroatoms. The van der Waals surface area contributed by atoms with Crippen molar-refractivity contribution in [1.82, 2.24) is 0 Å². The normalized spacial score (nSPS) is 20.2. The second-order valence-corrected chi connectivity index (χ2v) is 6.36. The lowest BCUT2D eigenvalue weighted by atomic mass is 10.1. The molecule has 1 unspecified atom stereocenters. The highest BCUT2D eigenvalue weighted by atomic mass is 19.3. The van der Waals surface area contributed by atoms with Crippen LogP contribution in [0.1, 0.15) is 37.0 Å². The molecule has 1 aliphatic heterocycles. The number of carbonyl (C=O) groups excluding carboxylic acids is 2. The number of anilines is 2. The summed E-state index contributed by atoms with van der Waals surface area (Å²) in [6.07, 6.45) is -3.30. The Labute approximate surface area is 151 Å². The van der Waals surface area contributed by atoms with Crippen LogP contribution in [0.2, 0.25) is 0 Å². The maximum absolute atomic E-state index is 12.2. The molecule has 0 aliphatic carbocycles. The first-order chi connectivity index (χ1) is 12.3. The first kappa shape index (κ1) is 20.1. The number of alkyl halides is 2. The lowest BCUT2D eigenvalue weighted by Gasteiger charge is -2.37. The summed E-state index contributed by atoms with van der Waals surface area (Å²) in [4.78, 5) is 26.0. The van der Waals surface area contributed by atoms with Crippen molar-refractivity contribution in [3.63, 3.8) is 0 Å². The summed E-state index contributed by atoms with van der Waals surface area (Å²) in [5.41, 5.74) is 1.23. The maximum atomic E-state index is 12.2. The summed E-state index contributed by atoms with van der Waals surface area (Å²) < 4.78 is 35.0. The van der Waals surface area contributed by atoms with Gasteiger partial charge in [0.2, 0.25) is 12.3 Å². The number of amides is 1. The third kappa shape index (κ3) is 5.39. The predicted molar refractivity (Wildman–Crippen MR) is 93.9 cm³/mol. The number of nitrogens with one attached hydrogen (secondary N) is 1. The van der Waals surface area contributed by atoms with Gasteiger partial charge in [-0.05, 0) is 32.0 Å². The molecule has 1 aromatic carbocycles. The molecule has 1 amide bonds. The Hall–Kier alpha value is -2.22. The Kier molecular flexibility index (Phi) is 6.90. The number of benzene rings is 1. The zero-order chi connectivity index (χ0) is 19.3. The summed E-state index contributed by atoms with van der Waals surface area (Å²) in [5.74, 6) is -1.18. The lowest BCUT2D eigenvalue weighted by Crippen LogP contribution is -2.45. The van der Waals surface area contributed by atoms with E-state index in [-0.39, 0.29) is 29.9 Å². The zero-order valence-electron chi connectivity index (χ0n) is 15.1. The summed E-state index contributed by atoms with van der Waals surface area (Å²) >= 11 is 0. The summed E-state index contributed by atoms with van der Waals surface area (Å²) in [5, 5.41) is 2.51. The van der Waals surface area contributed by atoms with Crippen LogP contribution in [-0.2, 0) is 14.3 Å². The molecular weight excluding hydrogens is 346 g/mol. The second kappa shape index (κ2) is 8.93.